The first kappa shape index (κ1) is 14.3. The summed E-state index contributed by atoms with van der Waals surface area (Å²) in [6.45, 7) is 0. The number of benzene rings is 2. The number of halogens is 1. The molecule has 0 fully saturated rings. The minimum atomic E-state index is -1.34. The lowest BCUT2D eigenvalue weighted by Gasteiger charge is -2.09. The first-order valence-corrected chi connectivity index (χ1v) is 5.97. The molecule has 2 rings (SSSR count). The average Bonchev–Trinajstić information content (AvgIpc) is 2.50. The maximum absolute atomic E-state index is 13.7. The predicted molar refractivity (Wildman–Crippen MR) is 72.2 cm³/mol. The lowest BCUT2D eigenvalue weighted by molar-refractivity contribution is -0.384. The summed E-state index contributed by atoms with van der Waals surface area (Å²) in [5, 5.41) is 19.9. The highest BCUT2D eigenvalue weighted by Crippen LogP contribution is 2.24. The summed E-state index contributed by atoms with van der Waals surface area (Å²) in [7, 11) is 0. The van der Waals surface area contributed by atoms with Crippen LogP contribution in [0.4, 0.5) is 10.1 Å². The predicted octanol–water partition coefficient (Wildman–Crippen LogP) is 3.22. The summed E-state index contributed by atoms with van der Waals surface area (Å²) in [5.41, 5.74) is -0.304. The van der Waals surface area contributed by atoms with E-state index in [1.54, 1.807) is 6.07 Å². The Kier molecular flexibility index (Phi) is 4.05. The Morgan fingerprint density at radius 2 is 1.95 bits per heavy atom. The quantitative estimate of drug-likeness (QED) is 0.490. The zero-order valence-corrected chi connectivity index (χ0v) is 10.7. The number of ketones is 1. The van der Waals surface area contributed by atoms with Crippen LogP contribution in [-0.4, -0.2) is 10.7 Å². The Morgan fingerprint density at radius 3 is 2.57 bits per heavy atom. The molecule has 0 aliphatic rings. The maximum Gasteiger partial charge on any atom is 0.270 e. The van der Waals surface area contributed by atoms with Gasteiger partial charge in [0.15, 0.2) is 5.78 Å². The molecule has 2 aromatic rings. The van der Waals surface area contributed by atoms with Crippen molar-refractivity contribution in [2.75, 3.05) is 0 Å². The zero-order valence-electron chi connectivity index (χ0n) is 10.7. The smallest absolute Gasteiger partial charge is 0.270 e. The number of carbonyl (C=O) groups excluding carboxylic acids is 1. The molecule has 0 bridgehead atoms. The number of Topliss-reactive ketones (excluding diaryl/α,β-unsaturated/α-hetero) is 1. The summed E-state index contributed by atoms with van der Waals surface area (Å²) in [6, 6.07) is 12.2. The third kappa shape index (κ3) is 2.92. The van der Waals surface area contributed by atoms with E-state index >= 15 is 0 Å². The number of nitrogens with zero attached hydrogens (tertiary/aromatic N) is 2. The number of nitro groups is 1. The first-order chi connectivity index (χ1) is 10.0. The number of nitro benzene ring substituents is 1. The van der Waals surface area contributed by atoms with Gasteiger partial charge in [-0.2, -0.15) is 5.26 Å². The van der Waals surface area contributed by atoms with E-state index in [1.807, 2.05) is 0 Å². The molecule has 0 spiro atoms. The fourth-order valence-corrected chi connectivity index (χ4v) is 1.92. The normalized spacial score (nSPS) is 11.4. The lowest BCUT2D eigenvalue weighted by atomic mass is 9.91. The van der Waals surface area contributed by atoms with Gasteiger partial charge < -0.3 is 0 Å². The van der Waals surface area contributed by atoms with Crippen LogP contribution in [0.3, 0.4) is 0 Å². The molecule has 0 aliphatic heterocycles. The van der Waals surface area contributed by atoms with Crippen molar-refractivity contribution in [2.45, 2.75) is 5.92 Å². The van der Waals surface area contributed by atoms with Crippen LogP contribution < -0.4 is 0 Å². The third-order valence-corrected chi connectivity index (χ3v) is 2.95. The molecule has 1 atom stereocenters. The highest BCUT2D eigenvalue weighted by molar-refractivity contribution is 6.03. The molecule has 0 aromatic heterocycles. The monoisotopic (exact) mass is 284 g/mol. The molecule has 0 N–H and O–H groups in total. The van der Waals surface area contributed by atoms with Gasteiger partial charge in [0, 0.05) is 23.3 Å². The second-order valence-electron chi connectivity index (χ2n) is 4.26. The fourth-order valence-electron chi connectivity index (χ4n) is 1.92. The molecule has 0 amide bonds. The summed E-state index contributed by atoms with van der Waals surface area (Å²) in [6.07, 6.45) is 0. The van der Waals surface area contributed by atoms with E-state index < -0.39 is 22.4 Å². The van der Waals surface area contributed by atoms with Crippen LogP contribution in [0, 0.1) is 27.3 Å². The minimum absolute atomic E-state index is 0.000923. The van der Waals surface area contributed by atoms with Crippen molar-refractivity contribution in [1.29, 1.82) is 5.26 Å². The van der Waals surface area contributed by atoms with Gasteiger partial charge in [-0.1, -0.05) is 30.3 Å². The first-order valence-electron chi connectivity index (χ1n) is 5.97. The Labute approximate surface area is 119 Å². The molecule has 2 aromatic carbocycles. The third-order valence-electron chi connectivity index (χ3n) is 2.95. The van der Waals surface area contributed by atoms with Crippen LogP contribution >= 0.6 is 0 Å². The standard InChI is InChI=1S/C15H9FN2O3/c16-14-7-2-1-6-12(14)13(9-17)15(19)10-4-3-5-11(8-10)18(20)21/h1-8,13H. The summed E-state index contributed by atoms with van der Waals surface area (Å²) in [4.78, 5) is 22.4. The largest absolute Gasteiger partial charge is 0.292 e. The van der Waals surface area contributed by atoms with Gasteiger partial charge in [-0.15, -0.1) is 0 Å². The second-order valence-corrected chi connectivity index (χ2v) is 4.26. The van der Waals surface area contributed by atoms with E-state index in [4.69, 9.17) is 5.26 Å². The van der Waals surface area contributed by atoms with Crippen molar-refractivity contribution >= 4 is 11.5 Å². The van der Waals surface area contributed by atoms with Crippen LogP contribution in [0.5, 0.6) is 0 Å². The lowest BCUT2D eigenvalue weighted by Crippen LogP contribution is -2.13. The Bertz CT molecular complexity index is 753. The van der Waals surface area contributed by atoms with Gasteiger partial charge in [0.05, 0.1) is 11.0 Å². The van der Waals surface area contributed by atoms with E-state index in [0.717, 1.165) is 12.1 Å². The molecule has 5 nitrogen and oxygen atoms in total. The summed E-state index contributed by atoms with van der Waals surface area (Å²) < 4.78 is 13.7. The van der Waals surface area contributed by atoms with Crippen molar-refractivity contribution in [3.05, 3.63) is 75.6 Å². The fraction of sp³-hybridized carbons (Fsp3) is 0.0667. The number of hydrogen-bond donors (Lipinski definition) is 0. The Morgan fingerprint density at radius 1 is 1.24 bits per heavy atom. The van der Waals surface area contributed by atoms with Crippen molar-refractivity contribution in [2.24, 2.45) is 0 Å². The molecular weight excluding hydrogens is 275 g/mol. The van der Waals surface area contributed by atoms with Crippen LogP contribution in [0.2, 0.25) is 0 Å². The molecule has 0 saturated heterocycles. The maximum atomic E-state index is 13.7. The van der Waals surface area contributed by atoms with Crippen molar-refractivity contribution < 1.29 is 14.1 Å². The van der Waals surface area contributed by atoms with Crippen LogP contribution in [0.25, 0.3) is 0 Å². The van der Waals surface area contributed by atoms with E-state index in [-0.39, 0.29) is 16.8 Å². The molecule has 6 heteroatoms. The summed E-state index contributed by atoms with van der Waals surface area (Å²) in [5.74, 6) is -2.68. The molecule has 1 unspecified atom stereocenters. The Balaban J connectivity index is 2.43. The van der Waals surface area contributed by atoms with E-state index in [0.29, 0.717) is 0 Å². The molecule has 0 aliphatic carbocycles. The van der Waals surface area contributed by atoms with Crippen molar-refractivity contribution in [3.8, 4) is 6.07 Å². The number of carbonyl (C=O) groups is 1. The van der Waals surface area contributed by atoms with E-state index in [9.17, 15) is 19.3 Å². The topological polar surface area (TPSA) is 84.0 Å². The van der Waals surface area contributed by atoms with Gasteiger partial charge in [0.1, 0.15) is 11.7 Å². The molecule has 104 valence electrons. The van der Waals surface area contributed by atoms with Gasteiger partial charge in [-0.25, -0.2) is 4.39 Å². The highest BCUT2D eigenvalue weighted by atomic mass is 19.1. The van der Waals surface area contributed by atoms with E-state index in [2.05, 4.69) is 0 Å². The number of hydrogen-bond acceptors (Lipinski definition) is 4. The Hall–Kier alpha value is -3.07. The van der Waals surface area contributed by atoms with E-state index in [1.165, 1.54) is 36.4 Å². The minimum Gasteiger partial charge on any atom is -0.292 e. The number of nitriles is 1. The van der Waals surface area contributed by atoms with Crippen LogP contribution in [0.15, 0.2) is 48.5 Å². The van der Waals surface area contributed by atoms with Gasteiger partial charge in [-0.3, -0.25) is 14.9 Å². The van der Waals surface area contributed by atoms with Crippen LogP contribution in [-0.2, 0) is 0 Å². The molecule has 0 radical (unpaired) electrons. The van der Waals surface area contributed by atoms with Crippen molar-refractivity contribution in [1.82, 2.24) is 0 Å². The summed E-state index contributed by atoms with van der Waals surface area (Å²) >= 11 is 0. The zero-order chi connectivity index (χ0) is 15.4. The number of rotatable bonds is 4. The molecule has 0 saturated carbocycles. The highest BCUT2D eigenvalue weighted by Gasteiger charge is 2.25. The molecule has 21 heavy (non-hydrogen) atoms. The SMILES string of the molecule is N#CC(C(=O)c1cccc([N+](=O)[O-])c1)c1ccccc1F. The molecule has 0 heterocycles. The molecular formula is C15H9FN2O3. The number of non-ortho nitro benzene ring substituents is 1. The second kappa shape index (κ2) is 5.92. The van der Waals surface area contributed by atoms with Gasteiger partial charge in [0.25, 0.3) is 5.69 Å². The van der Waals surface area contributed by atoms with Gasteiger partial charge in [-0.05, 0) is 6.07 Å². The average molecular weight is 284 g/mol. The van der Waals surface area contributed by atoms with Gasteiger partial charge in [0.2, 0.25) is 0 Å². The van der Waals surface area contributed by atoms with Crippen molar-refractivity contribution in [3.63, 3.8) is 0 Å². The van der Waals surface area contributed by atoms with Gasteiger partial charge >= 0.3 is 0 Å². The van der Waals surface area contributed by atoms with Crippen LogP contribution in [0.1, 0.15) is 21.8 Å².